The van der Waals surface area contributed by atoms with Crippen LogP contribution in [0.5, 0.6) is 17.2 Å². The molecule has 2 aromatic carbocycles. The number of rotatable bonds is 10. The zero-order valence-corrected chi connectivity index (χ0v) is 19.7. The molecule has 0 bridgehead atoms. The van der Waals surface area contributed by atoms with Gasteiger partial charge in [0.25, 0.3) is 0 Å². The number of ether oxygens (including phenoxy) is 4. The molecule has 3 rings (SSSR count). The highest BCUT2D eigenvalue weighted by atomic mass is 32.2. The summed E-state index contributed by atoms with van der Waals surface area (Å²) in [6, 6.07) is 11.5. The summed E-state index contributed by atoms with van der Waals surface area (Å²) < 4.78 is 24.3. The Morgan fingerprint density at radius 1 is 1.00 bits per heavy atom. The molecule has 1 heterocycles. The Labute approximate surface area is 189 Å². The van der Waals surface area contributed by atoms with Crippen LogP contribution in [0, 0.1) is 0 Å². The number of aromatic nitrogens is 1. The third-order valence-corrected chi connectivity index (χ3v) is 6.68. The minimum Gasteiger partial charge on any atom is -0.497 e. The summed E-state index contributed by atoms with van der Waals surface area (Å²) >= 11 is 3.03. The van der Waals surface area contributed by atoms with Gasteiger partial charge >= 0.3 is 0 Å². The first kappa shape index (κ1) is 23.2. The summed E-state index contributed by atoms with van der Waals surface area (Å²) in [4.78, 5) is 18.7. The van der Waals surface area contributed by atoms with E-state index in [4.69, 9.17) is 18.9 Å². The number of benzene rings is 2. The van der Waals surface area contributed by atoms with Crippen molar-refractivity contribution < 1.29 is 23.7 Å². The Morgan fingerprint density at radius 3 is 2.35 bits per heavy atom. The molecule has 9 heteroatoms. The van der Waals surface area contributed by atoms with Gasteiger partial charge in [-0.1, -0.05) is 11.3 Å². The number of fused-ring (bicyclic) bond motifs is 1. The topological polar surface area (TPSA) is 71.3 Å². The Morgan fingerprint density at radius 2 is 1.71 bits per heavy atom. The predicted molar refractivity (Wildman–Crippen MR) is 124 cm³/mol. The Hall–Kier alpha value is -2.49. The van der Waals surface area contributed by atoms with Gasteiger partial charge in [0, 0.05) is 30.7 Å². The molecule has 0 fully saturated rings. The van der Waals surface area contributed by atoms with Gasteiger partial charge in [-0.15, -0.1) is 11.8 Å². The van der Waals surface area contributed by atoms with E-state index in [1.807, 2.05) is 41.0 Å². The van der Waals surface area contributed by atoms with Crippen LogP contribution in [-0.2, 0) is 16.1 Å². The number of thiazole rings is 1. The zero-order chi connectivity index (χ0) is 22.2. The quantitative estimate of drug-likeness (QED) is 0.425. The number of hydrogen-bond donors (Lipinski definition) is 0. The molecule has 31 heavy (non-hydrogen) atoms. The molecule has 0 atom stereocenters. The van der Waals surface area contributed by atoms with Crippen LogP contribution >= 0.6 is 23.1 Å². The number of hydrogen-bond acceptors (Lipinski definition) is 7. The minimum atomic E-state index is -0.170. The van der Waals surface area contributed by atoms with Crippen molar-refractivity contribution in [1.29, 1.82) is 0 Å². The first-order chi connectivity index (χ1) is 15.1. The fourth-order valence-corrected chi connectivity index (χ4v) is 5.04. The van der Waals surface area contributed by atoms with Crippen molar-refractivity contribution in [1.82, 2.24) is 4.57 Å². The second kappa shape index (κ2) is 11.2. The molecule has 0 aliphatic rings. The summed E-state index contributed by atoms with van der Waals surface area (Å²) in [6.45, 7) is 1.04. The molecule has 1 aromatic heterocycles. The van der Waals surface area contributed by atoms with E-state index in [0.717, 1.165) is 26.6 Å². The zero-order valence-electron chi connectivity index (χ0n) is 18.0. The van der Waals surface area contributed by atoms with E-state index in [1.54, 1.807) is 40.2 Å². The van der Waals surface area contributed by atoms with E-state index in [0.29, 0.717) is 35.9 Å². The van der Waals surface area contributed by atoms with E-state index >= 15 is 0 Å². The second-order valence-corrected chi connectivity index (χ2v) is 8.60. The van der Waals surface area contributed by atoms with Crippen LogP contribution in [-0.4, -0.2) is 51.3 Å². The molecule has 0 saturated heterocycles. The smallest absolute Gasteiger partial charge is 0.249 e. The monoisotopic (exact) mass is 462 g/mol. The first-order valence-electron chi connectivity index (χ1n) is 9.69. The van der Waals surface area contributed by atoms with Crippen molar-refractivity contribution in [2.75, 3.05) is 40.8 Å². The lowest BCUT2D eigenvalue weighted by molar-refractivity contribution is -0.117. The molecule has 0 aliphatic carbocycles. The second-order valence-electron chi connectivity index (χ2n) is 6.46. The van der Waals surface area contributed by atoms with Gasteiger partial charge in [0.05, 0.1) is 27.9 Å². The normalized spacial score (nSPS) is 11.7. The molecule has 0 N–H and O–H groups in total. The average Bonchev–Trinajstić information content (AvgIpc) is 3.15. The largest absolute Gasteiger partial charge is 0.497 e. The van der Waals surface area contributed by atoms with Crippen LogP contribution < -0.4 is 19.0 Å². The summed E-state index contributed by atoms with van der Waals surface area (Å²) in [5.74, 6) is 2.70. The van der Waals surface area contributed by atoms with Crippen molar-refractivity contribution >= 4 is 39.2 Å². The molecule has 0 aliphatic heterocycles. The van der Waals surface area contributed by atoms with E-state index in [1.165, 1.54) is 11.3 Å². The van der Waals surface area contributed by atoms with Gasteiger partial charge in [0.15, 0.2) is 4.80 Å². The molecule has 166 valence electrons. The highest BCUT2D eigenvalue weighted by Gasteiger charge is 2.16. The van der Waals surface area contributed by atoms with Gasteiger partial charge in [-0.3, -0.25) is 4.79 Å². The molecule has 0 unspecified atom stereocenters. The highest BCUT2D eigenvalue weighted by molar-refractivity contribution is 7.99. The molecule has 0 spiro atoms. The summed E-state index contributed by atoms with van der Waals surface area (Å²) in [5, 5.41) is 0. The van der Waals surface area contributed by atoms with Crippen LogP contribution in [0.4, 0.5) is 0 Å². The highest BCUT2D eigenvalue weighted by Crippen LogP contribution is 2.35. The molecule has 0 radical (unpaired) electrons. The van der Waals surface area contributed by atoms with Crippen LogP contribution in [0.25, 0.3) is 10.2 Å². The lowest BCUT2D eigenvalue weighted by Gasteiger charge is -2.09. The Kier molecular flexibility index (Phi) is 8.39. The van der Waals surface area contributed by atoms with E-state index in [9.17, 15) is 4.79 Å². The Bertz CT molecular complexity index is 1090. The minimum absolute atomic E-state index is 0.170. The van der Waals surface area contributed by atoms with Gasteiger partial charge < -0.3 is 23.5 Å². The van der Waals surface area contributed by atoms with Gasteiger partial charge in [-0.25, -0.2) is 0 Å². The van der Waals surface area contributed by atoms with E-state index in [-0.39, 0.29) is 5.91 Å². The maximum absolute atomic E-state index is 12.6. The fraction of sp³-hybridized carbons (Fsp3) is 0.364. The van der Waals surface area contributed by atoms with Gasteiger partial charge in [0.1, 0.15) is 27.5 Å². The predicted octanol–water partition coefficient (Wildman–Crippen LogP) is 3.98. The maximum atomic E-state index is 12.6. The van der Waals surface area contributed by atoms with E-state index < -0.39 is 0 Å². The lowest BCUT2D eigenvalue weighted by Crippen LogP contribution is -2.19. The molecule has 0 saturated carbocycles. The first-order valence-corrected chi connectivity index (χ1v) is 11.5. The van der Waals surface area contributed by atoms with Crippen LogP contribution in [0.3, 0.4) is 0 Å². The van der Waals surface area contributed by atoms with Gasteiger partial charge in [0.2, 0.25) is 5.91 Å². The average molecular weight is 463 g/mol. The van der Waals surface area contributed by atoms with Crippen molar-refractivity contribution in [3.8, 4) is 17.2 Å². The maximum Gasteiger partial charge on any atom is 0.249 e. The lowest BCUT2D eigenvalue weighted by atomic mass is 10.3. The van der Waals surface area contributed by atoms with E-state index in [2.05, 4.69) is 4.99 Å². The number of carbonyl (C=O) groups excluding carboxylic acids is 1. The van der Waals surface area contributed by atoms with Crippen molar-refractivity contribution in [2.24, 2.45) is 4.99 Å². The summed E-state index contributed by atoms with van der Waals surface area (Å²) in [5.41, 5.74) is 0.850. The summed E-state index contributed by atoms with van der Waals surface area (Å²) in [6.07, 6.45) is 0.337. The van der Waals surface area contributed by atoms with Gasteiger partial charge in [-0.2, -0.15) is 4.99 Å². The number of nitrogens with zero attached hydrogens (tertiary/aromatic N) is 2. The molecule has 7 nitrogen and oxygen atoms in total. The number of methoxy groups -OCH3 is 4. The standard InChI is InChI=1S/C22H26N2O5S2/c1-26-13-12-24-20-17(28-3)9-10-18(29-4)21(20)31-22(24)23-19(25)11-14-30-16-7-5-15(27-2)6-8-16/h5-10H,11-14H2,1-4H3. The molecule has 3 aromatic rings. The van der Waals surface area contributed by atoms with Crippen molar-refractivity contribution in [3.63, 3.8) is 0 Å². The summed E-state index contributed by atoms with van der Waals surface area (Å²) in [7, 11) is 6.53. The third-order valence-electron chi connectivity index (χ3n) is 4.58. The number of thioether (sulfide) groups is 1. The van der Waals surface area contributed by atoms with Crippen molar-refractivity contribution in [3.05, 3.63) is 41.2 Å². The molecular weight excluding hydrogens is 436 g/mol. The molecular formula is C22H26N2O5S2. The van der Waals surface area contributed by atoms with Crippen LogP contribution in [0.2, 0.25) is 0 Å². The van der Waals surface area contributed by atoms with Gasteiger partial charge in [-0.05, 0) is 36.4 Å². The fourth-order valence-electron chi connectivity index (χ4n) is 3.02. The third kappa shape index (κ3) is 5.61. The number of amides is 1. The van der Waals surface area contributed by atoms with Crippen LogP contribution in [0.15, 0.2) is 46.3 Å². The SMILES string of the molecule is COCCn1c(=NC(=O)CCSc2ccc(OC)cc2)sc2c(OC)ccc(OC)c21. The Balaban J connectivity index is 1.84. The van der Waals surface area contributed by atoms with Crippen LogP contribution in [0.1, 0.15) is 6.42 Å². The number of carbonyl (C=O) groups is 1. The molecule has 1 amide bonds. The van der Waals surface area contributed by atoms with Crippen molar-refractivity contribution in [2.45, 2.75) is 17.9 Å².